The highest BCUT2D eigenvalue weighted by Gasteiger charge is 2.63. The van der Waals surface area contributed by atoms with Crippen molar-refractivity contribution in [2.24, 2.45) is 47.3 Å². The van der Waals surface area contributed by atoms with Gasteiger partial charge in [-0.25, -0.2) is 0 Å². The lowest BCUT2D eigenvalue weighted by Crippen LogP contribution is -2.55. The molecule has 2 nitrogen and oxygen atoms in total. The van der Waals surface area contributed by atoms with Crippen LogP contribution in [0.1, 0.15) is 111 Å². The van der Waals surface area contributed by atoms with Gasteiger partial charge >= 0.3 is 0 Å². The van der Waals surface area contributed by atoms with Crippen molar-refractivity contribution >= 4 is 65.6 Å². The first-order valence-electron chi connectivity index (χ1n) is 40.9. The van der Waals surface area contributed by atoms with Gasteiger partial charge in [0.05, 0.1) is 16.1 Å². The summed E-state index contributed by atoms with van der Waals surface area (Å²) in [6.45, 7) is 4.78. The second-order valence-electron chi connectivity index (χ2n) is 34.7. The van der Waals surface area contributed by atoms with Crippen molar-refractivity contribution in [3.8, 4) is 77.9 Å². The Hall–Kier alpha value is -11.1. The molecule has 8 saturated carbocycles. The van der Waals surface area contributed by atoms with Crippen LogP contribution in [-0.4, -0.2) is 0 Å². The van der Waals surface area contributed by atoms with Crippen molar-refractivity contribution in [1.82, 2.24) is 0 Å². The fourth-order valence-electron chi connectivity index (χ4n) is 24.9. The summed E-state index contributed by atoms with van der Waals surface area (Å²) in [6, 6.07) is 124. The maximum Gasteiger partial charge on any atom is 0.0640 e. The SMILES string of the molecule is CC1(C)c2ccccc2-c2cccc(N(c3ccc(-c4ccc5c(c4)-c4ccccc4C54C5CC6CC(C5)CC4C6)cc3)c3cccc(-c4ccccc4)c3)c21.c1ccc(-c2ccc(N(c3ccc(-c4ccc5c(c4)-c4ccccc4C54C5CC6CC(C5)CC4C6)cc3)c3cccc4c3sc3ccccc34)cc2)cc1. The fraction of sp³-hybridized carbons (Fsp3) is 0.215. The molecule has 0 saturated heterocycles. The summed E-state index contributed by atoms with van der Waals surface area (Å²) in [6.07, 6.45) is 14.3. The number of fused-ring (bicyclic) bond motifs is 12. The van der Waals surface area contributed by atoms with Crippen LogP contribution in [0.3, 0.4) is 0 Å². The summed E-state index contributed by atoms with van der Waals surface area (Å²) in [5, 5.41) is 2.63. The van der Waals surface area contributed by atoms with Gasteiger partial charge in [0.15, 0.2) is 0 Å². The molecule has 14 aromatic carbocycles. The molecule has 8 fully saturated rings. The van der Waals surface area contributed by atoms with Gasteiger partial charge in [-0.1, -0.05) is 263 Å². The molecule has 0 N–H and O–H groups in total. The van der Waals surface area contributed by atoms with Gasteiger partial charge in [-0.2, -0.15) is 0 Å². The molecular formula is C107H88N2S. The van der Waals surface area contributed by atoms with Gasteiger partial charge in [-0.15, -0.1) is 11.3 Å². The van der Waals surface area contributed by atoms with Crippen LogP contribution in [0.25, 0.3) is 98.1 Å². The lowest BCUT2D eigenvalue weighted by molar-refractivity contribution is -0.0399. The second-order valence-corrected chi connectivity index (χ2v) is 35.7. The maximum atomic E-state index is 2.55. The highest BCUT2D eigenvalue weighted by molar-refractivity contribution is 7.26. The van der Waals surface area contributed by atoms with Crippen molar-refractivity contribution in [2.45, 2.75) is 94.3 Å². The average molecular weight is 1430 g/mol. The van der Waals surface area contributed by atoms with Gasteiger partial charge in [-0.3, -0.25) is 0 Å². The van der Waals surface area contributed by atoms with Gasteiger partial charge in [0.2, 0.25) is 0 Å². The van der Waals surface area contributed by atoms with Crippen molar-refractivity contribution in [2.75, 3.05) is 9.80 Å². The van der Waals surface area contributed by atoms with Crippen LogP contribution in [0, 0.1) is 47.3 Å². The Morgan fingerprint density at radius 2 is 0.609 bits per heavy atom. The molecule has 1 aromatic heterocycles. The molecule has 0 aliphatic heterocycles. The Morgan fingerprint density at radius 3 is 1.14 bits per heavy atom. The molecule has 532 valence electrons. The van der Waals surface area contributed by atoms with E-state index in [1.807, 2.05) is 11.3 Å². The van der Waals surface area contributed by atoms with E-state index in [0.717, 1.165) is 70.1 Å². The van der Waals surface area contributed by atoms with Crippen LogP contribution in [0.15, 0.2) is 328 Å². The number of anilines is 6. The summed E-state index contributed by atoms with van der Waals surface area (Å²) >= 11 is 1.89. The number of nitrogens with zero attached hydrogens (tertiary/aromatic N) is 2. The van der Waals surface area contributed by atoms with Crippen molar-refractivity contribution < 1.29 is 0 Å². The Kier molecular flexibility index (Phi) is 14.7. The molecule has 0 unspecified atom stereocenters. The van der Waals surface area contributed by atoms with E-state index in [1.165, 1.54) is 185 Å². The molecule has 11 aliphatic carbocycles. The van der Waals surface area contributed by atoms with E-state index in [4.69, 9.17) is 0 Å². The zero-order valence-corrected chi connectivity index (χ0v) is 63.5. The molecule has 3 heteroatoms. The van der Waals surface area contributed by atoms with E-state index in [0.29, 0.717) is 0 Å². The minimum absolute atomic E-state index is 0.146. The molecule has 1 heterocycles. The Balaban J connectivity index is 0.000000132. The lowest BCUT2D eigenvalue weighted by Gasteiger charge is -2.61. The molecule has 110 heavy (non-hydrogen) atoms. The third kappa shape index (κ3) is 9.71. The molecule has 2 spiro atoms. The third-order valence-electron chi connectivity index (χ3n) is 28.9. The van der Waals surface area contributed by atoms with Crippen LogP contribution >= 0.6 is 11.3 Å². The summed E-state index contributed by atoms with van der Waals surface area (Å²) in [7, 11) is 0. The van der Waals surface area contributed by atoms with Crippen LogP contribution in [-0.2, 0) is 16.2 Å². The zero-order chi connectivity index (χ0) is 72.6. The largest absolute Gasteiger partial charge is 0.310 e. The summed E-state index contributed by atoms with van der Waals surface area (Å²) in [4.78, 5) is 4.95. The van der Waals surface area contributed by atoms with Crippen molar-refractivity contribution in [3.05, 3.63) is 361 Å². The first kappa shape index (κ1) is 64.8. The van der Waals surface area contributed by atoms with Crippen LogP contribution < -0.4 is 9.80 Å². The molecule has 0 radical (unpaired) electrons. The number of hydrogen-bond acceptors (Lipinski definition) is 3. The highest BCUT2D eigenvalue weighted by atomic mass is 32.1. The summed E-state index contributed by atoms with van der Waals surface area (Å²) in [5.41, 5.74) is 35.3. The van der Waals surface area contributed by atoms with E-state index in [9.17, 15) is 0 Å². The van der Waals surface area contributed by atoms with Crippen molar-refractivity contribution in [1.29, 1.82) is 0 Å². The Labute approximate surface area is 651 Å². The van der Waals surface area contributed by atoms with Crippen LogP contribution in [0.4, 0.5) is 34.1 Å². The summed E-state index contributed by atoms with van der Waals surface area (Å²) in [5.74, 6) is 6.98. The van der Waals surface area contributed by atoms with Gasteiger partial charge in [0.25, 0.3) is 0 Å². The molecule has 0 amide bonds. The van der Waals surface area contributed by atoms with Crippen LogP contribution in [0.2, 0.25) is 0 Å². The first-order valence-corrected chi connectivity index (χ1v) is 41.8. The lowest BCUT2D eigenvalue weighted by atomic mass is 9.43. The monoisotopic (exact) mass is 1430 g/mol. The Morgan fingerprint density at radius 1 is 0.255 bits per heavy atom. The fourth-order valence-corrected chi connectivity index (χ4v) is 26.1. The van der Waals surface area contributed by atoms with E-state index in [2.05, 4.69) is 351 Å². The maximum absolute atomic E-state index is 2.55. The number of thiophene rings is 1. The van der Waals surface area contributed by atoms with Gasteiger partial charge < -0.3 is 9.80 Å². The van der Waals surface area contributed by atoms with E-state index in [-0.39, 0.29) is 16.2 Å². The minimum Gasteiger partial charge on any atom is -0.310 e. The van der Waals surface area contributed by atoms with E-state index < -0.39 is 0 Å². The second kappa shape index (κ2) is 25.0. The minimum atomic E-state index is -0.146. The van der Waals surface area contributed by atoms with Crippen molar-refractivity contribution in [3.63, 3.8) is 0 Å². The molecule has 8 bridgehead atoms. The normalized spacial score (nSPS) is 23.7. The zero-order valence-electron chi connectivity index (χ0n) is 62.7. The van der Waals surface area contributed by atoms with Crippen LogP contribution in [0.5, 0.6) is 0 Å². The number of hydrogen-bond donors (Lipinski definition) is 0. The first-order chi connectivity index (χ1) is 54.2. The molecule has 0 atom stereocenters. The predicted octanol–water partition coefficient (Wildman–Crippen LogP) is 29.1. The third-order valence-corrected chi connectivity index (χ3v) is 30.1. The topological polar surface area (TPSA) is 6.48 Å². The number of rotatable bonds is 10. The average Bonchev–Trinajstić information content (AvgIpc) is 1.50. The molecule has 26 rings (SSSR count). The smallest absolute Gasteiger partial charge is 0.0640 e. The quantitative estimate of drug-likeness (QED) is 0.135. The van der Waals surface area contributed by atoms with E-state index >= 15 is 0 Å². The molecule has 11 aliphatic rings. The van der Waals surface area contributed by atoms with Gasteiger partial charge in [-0.05, 0) is 302 Å². The van der Waals surface area contributed by atoms with Gasteiger partial charge in [0, 0.05) is 54.5 Å². The standard InChI is InChI=1S/C55H47N.C52H41NS/c1-54(2)49-19-8-6-16-45(49)47-18-11-21-52(53(47)54)56(44-15-10-14-39(33-44)37-12-4-3-5-13-37)43-25-22-38(23-26-43)40-24-27-51-48(34-40)46-17-7-9-20-50(46)55(51)41-29-35-28-36(31-41)32-42(55)30-35;1-2-9-35(10-3-1)36-17-22-41(23-18-36)53(49-15-8-13-45-44-12-5-7-16-50(44)54-51(45)49)42-24-19-37(20-25-42)38-21-26-48-46(32-38)43-11-4-6-14-47(43)52(48)39-28-33-27-34(30-39)31-40(52)29-33/h3-27,33-36,41-42H,28-32H2,1-2H3;1-26,32-34,39-40H,27-31H2. The molecular weight excluding hydrogens is 1350 g/mol. The summed E-state index contributed by atoms with van der Waals surface area (Å²) < 4.78 is 2.63. The Bertz CT molecular complexity index is 6100. The predicted molar refractivity (Wildman–Crippen MR) is 461 cm³/mol. The molecule has 15 aromatic rings. The highest BCUT2D eigenvalue weighted by Crippen LogP contribution is 2.72. The van der Waals surface area contributed by atoms with E-state index in [1.54, 1.807) is 22.3 Å². The number of benzene rings is 14. The van der Waals surface area contributed by atoms with Gasteiger partial charge in [0.1, 0.15) is 0 Å².